The average Bonchev–Trinajstić information content (AvgIpc) is 1.66. The predicted octanol–water partition coefficient (Wildman–Crippen LogP) is 36.0. The maximum atomic E-state index is 2.49. The summed E-state index contributed by atoms with van der Waals surface area (Å²) >= 11 is 0. The number of anilines is 6. The summed E-state index contributed by atoms with van der Waals surface area (Å²) in [6.07, 6.45) is 0. The number of aromatic nitrogens is 2. The van der Waals surface area contributed by atoms with Gasteiger partial charge in [0.1, 0.15) is 0 Å². The van der Waals surface area contributed by atoms with E-state index in [1.807, 2.05) is 0 Å². The van der Waals surface area contributed by atoms with E-state index in [9.17, 15) is 0 Å². The Morgan fingerprint density at radius 1 is 0.170 bits per heavy atom. The maximum absolute atomic E-state index is 2.49. The van der Waals surface area contributed by atoms with Crippen LogP contribution in [0.2, 0.25) is 0 Å². The lowest BCUT2D eigenvalue weighted by Gasteiger charge is -2.28. The zero-order valence-electron chi connectivity index (χ0n) is 75.9. The highest BCUT2D eigenvalue weighted by atomic mass is 15.2. The molecule has 0 amide bonds. The number of rotatable bonds is 14. The molecular formula is C131H94N4. The molecule has 135 heavy (non-hydrogen) atoms. The van der Waals surface area contributed by atoms with Crippen LogP contribution in [0, 0.1) is 6.92 Å². The Balaban J connectivity index is 0.000000144. The Morgan fingerprint density at radius 2 is 0.422 bits per heavy atom. The van der Waals surface area contributed by atoms with Gasteiger partial charge in [-0.25, -0.2) is 0 Å². The highest BCUT2D eigenvalue weighted by Gasteiger charge is 2.39. The van der Waals surface area contributed by atoms with Gasteiger partial charge in [0.15, 0.2) is 0 Å². The van der Waals surface area contributed by atoms with Crippen LogP contribution >= 0.6 is 0 Å². The van der Waals surface area contributed by atoms with Crippen molar-refractivity contribution < 1.29 is 0 Å². The van der Waals surface area contributed by atoms with Crippen molar-refractivity contribution in [1.82, 2.24) is 9.13 Å². The first-order valence-electron chi connectivity index (χ1n) is 47.1. The zero-order valence-corrected chi connectivity index (χ0v) is 75.9. The minimum absolute atomic E-state index is 0.247. The number of nitrogens with zero attached hydrogens (tertiary/aromatic N) is 4. The van der Waals surface area contributed by atoms with Crippen molar-refractivity contribution in [2.45, 2.75) is 45.4 Å². The van der Waals surface area contributed by atoms with Gasteiger partial charge in [-0.05, 0) is 307 Å². The molecule has 0 bridgehead atoms. The normalized spacial score (nSPS) is 12.7. The number of hydrogen-bond donors (Lipinski definition) is 0. The first kappa shape index (κ1) is 80.2. The van der Waals surface area contributed by atoms with Crippen LogP contribution < -0.4 is 9.80 Å². The third-order valence-electron chi connectivity index (χ3n) is 29.0. The minimum atomic E-state index is -0.251. The van der Waals surface area contributed by atoms with Crippen LogP contribution in [0.5, 0.6) is 0 Å². The molecule has 0 atom stereocenters. The van der Waals surface area contributed by atoms with Crippen LogP contribution in [0.25, 0.3) is 187 Å². The van der Waals surface area contributed by atoms with Crippen molar-refractivity contribution in [2.24, 2.45) is 0 Å². The molecule has 0 fully saturated rings. The molecular weight excluding hydrogens is 1630 g/mol. The Labute approximate surface area is 787 Å². The van der Waals surface area contributed by atoms with Crippen LogP contribution in [0.3, 0.4) is 0 Å². The SMILES string of the molecule is CC1(C)c2cc(-c3c4ccccc4c(-c4cccc(-c5ccccc5)c4)c4ccccc34)ccc2-c2ccc(N(c3ccccc3)c3ccc(-n4c5ccccc5c5ccccc54)cc3)cc21.Cc1ccc2c(-c3ccc4c(c3)C(C)(C)c3cc(N(c5ccccc5)c5ccc(-n6c7ccccc7c7ccccc76)cc5)ccc3-4)c3ccccc3c(-c3cccc(-c4ccccc4)c3)c2c1. The fourth-order valence-electron chi connectivity index (χ4n) is 22.6. The van der Waals surface area contributed by atoms with Crippen LogP contribution in [0.15, 0.2) is 479 Å². The van der Waals surface area contributed by atoms with E-state index in [0.29, 0.717) is 0 Å². The maximum Gasteiger partial charge on any atom is 0.0541 e. The first-order chi connectivity index (χ1) is 66.4. The van der Waals surface area contributed by atoms with Crippen molar-refractivity contribution in [2.75, 3.05) is 9.80 Å². The van der Waals surface area contributed by atoms with E-state index in [1.54, 1.807) is 0 Å². The summed E-state index contributed by atoms with van der Waals surface area (Å²) in [6.45, 7) is 11.8. The number of aryl methyl sites for hydroxylation is 1. The fraction of sp³-hybridized carbons (Fsp3) is 0.0534. The van der Waals surface area contributed by atoms with Gasteiger partial charge in [-0.2, -0.15) is 0 Å². The van der Waals surface area contributed by atoms with E-state index < -0.39 is 0 Å². The predicted molar refractivity (Wildman–Crippen MR) is 573 cm³/mol. The average molecular weight is 1720 g/mol. The summed E-state index contributed by atoms with van der Waals surface area (Å²) in [5.41, 5.74) is 40.2. The Morgan fingerprint density at radius 3 is 0.770 bits per heavy atom. The van der Waals surface area contributed by atoms with Crippen LogP contribution in [0.1, 0.15) is 55.5 Å². The zero-order chi connectivity index (χ0) is 90.2. The number of hydrogen-bond acceptors (Lipinski definition) is 2. The molecule has 0 spiro atoms. The molecule has 4 heteroatoms. The lowest BCUT2D eigenvalue weighted by Crippen LogP contribution is -2.16. The molecule has 0 aliphatic heterocycles. The van der Waals surface area contributed by atoms with Crippen LogP contribution in [-0.2, 0) is 10.8 Å². The Hall–Kier alpha value is -16.9. The molecule has 0 N–H and O–H groups in total. The molecule has 0 saturated carbocycles. The lowest BCUT2D eigenvalue weighted by molar-refractivity contribution is 0.660. The van der Waals surface area contributed by atoms with E-state index in [4.69, 9.17) is 0 Å². The van der Waals surface area contributed by atoms with Crippen molar-refractivity contribution >= 4 is 121 Å². The highest BCUT2D eigenvalue weighted by Crippen LogP contribution is 2.57. The summed E-state index contributed by atoms with van der Waals surface area (Å²) in [4.78, 5) is 4.80. The summed E-state index contributed by atoms with van der Waals surface area (Å²) in [5, 5.41) is 15.2. The summed E-state index contributed by atoms with van der Waals surface area (Å²) in [7, 11) is 0. The molecule has 2 aliphatic rings. The fourth-order valence-corrected chi connectivity index (χ4v) is 22.6. The molecule has 0 saturated heterocycles. The van der Waals surface area contributed by atoms with Gasteiger partial charge in [0.25, 0.3) is 0 Å². The van der Waals surface area contributed by atoms with Gasteiger partial charge < -0.3 is 18.9 Å². The molecule has 638 valence electrons. The van der Waals surface area contributed by atoms with Gasteiger partial charge in [0.2, 0.25) is 0 Å². The number of para-hydroxylation sites is 6. The highest BCUT2D eigenvalue weighted by molar-refractivity contribution is 6.24. The smallest absolute Gasteiger partial charge is 0.0541 e. The third kappa shape index (κ3) is 13.3. The van der Waals surface area contributed by atoms with E-state index in [-0.39, 0.29) is 10.8 Å². The molecule has 0 unspecified atom stereocenters. The van der Waals surface area contributed by atoms with E-state index in [0.717, 1.165) is 45.5 Å². The van der Waals surface area contributed by atoms with Crippen molar-refractivity contribution in [3.8, 4) is 100 Å². The van der Waals surface area contributed by atoms with E-state index in [2.05, 4.69) is 533 Å². The van der Waals surface area contributed by atoms with Crippen molar-refractivity contribution in [1.29, 1.82) is 0 Å². The van der Waals surface area contributed by atoms with Gasteiger partial charge in [-0.15, -0.1) is 0 Å². The number of fused-ring (bicyclic) bond motifs is 16. The quantitative estimate of drug-likeness (QED) is 0.101. The van der Waals surface area contributed by atoms with E-state index >= 15 is 0 Å². The second-order valence-corrected chi connectivity index (χ2v) is 37.4. The van der Waals surface area contributed by atoms with Crippen LogP contribution in [-0.4, -0.2) is 9.13 Å². The second kappa shape index (κ2) is 32.3. The lowest BCUT2D eigenvalue weighted by atomic mass is 9.80. The molecule has 22 aromatic carbocycles. The topological polar surface area (TPSA) is 16.3 Å². The third-order valence-corrected chi connectivity index (χ3v) is 29.0. The minimum Gasteiger partial charge on any atom is -0.310 e. The molecule has 0 radical (unpaired) electrons. The van der Waals surface area contributed by atoms with Gasteiger partial charge in [-0.3, -0.25) is 0 Å². The molecule has 2 aromatic heterocycles. The Kier molecular flexibility index (Phi) is 19.2. The molecule has 26 rings (SSSR count). The molecule has 4 nitrogen and oxygen atoms in total. The Bertz CT molecular complexity index is 8680. The number of benzene rings is 22. The van der Waals surface area contributed by atoms with E-state index in [1.165, 1.54) is 204 Å². The summed E-state index contributed by atoms with van der Waals surface area (Å²) < 4.78 is 4.77. The van der Waals surface area contributed by atoms with Gasteiger partial charge >= 0.3 is 0 Å². The standard InChI is InChI=1S/C66H48N2.C65H46N2/c1-43-29-36-58-59(39-43)65(46-20-16-19-45(40-46)44-17-6-4-7-18-44)57-26-11-10-25-56(57)64(58)47-30-37-52-53-38-35-51(42-61(53)66(2,3)60(52)41-47)67(48-21-8-5-9-22-48)49-31-33-50(34-32-49)68-62-27-14-12-23-54(62)55-24-13-15-28-63(55)68;1-65(2)59-41-46(64-57-28-11-9-26-55(57)63(56-27-10-12-29-58(56)64)45-21-17-20-44(40-45)43-18-5-3-6-19-43)32-38-51(59)52-39-37-50(42-60(52)65)66(47-22-7-4-8-23-47)48-33-35-49(36-34-48)67-61-30-15-13-24-53(61)54-25-14-16-31-62(54)67/h4-42H,1-3H3;3-42H,1-2H3. The first-order valence-corrected chi connectivity index (χ1v) is 47.1. The summed E-state index contributed by atoms with van der Waals surface area (Å²) in [6, 6.07) is 177. The molecule has 24 aromatic rings. The monoisotopic (exact) mass is 1720 g/mol. The van der Waals surface area contributed by atoms with Gasteiger partial charge in [0, 0.05) is 77.9 Å². The molecule has 2 aliphatic carbocycles. The molecule has 2 heterocycles. The van der Waals surface area contributed by atoms with Crippen LogP contribution in [0.4, 0.5) is 34.1 Å². The largest absolute Gasteiger partial charge is 0.310 e. The second-order valence-electron chi connectivity index (χ2n) is 37.4. The van der Waals surface area contributed by atoms with Crippen molar-refractivity contribution in [3.05, 3.63) is 507 Å². The summed E-state index contributed by atoms with van der Waals surface area (Å²) in [5.74, 6) is 0. The van der Waals surface area contributed by atoms with Crippen molar-refractivity contribution in [3.63, 3.8) is 0 Å². The van der Waals surface area contributed by atoms with Gasteiger partial charge in [-0.1, -0.05) is 367 Å². The van der Waals surface area contributed by atoms with Gasteiger partial charge in [0.05, 0.1) is 22.1 Å².